The average molecular weight is 327 g/mol. The van der Waals surface area contributed by atoms with E-state index >= 15 is 0 Å². The fraction of sp³-hybridized carbons (Fsp3) is 0.462. The molecule has 9 heteroatoms. The Bertz CT molecular complexity index is 697. The number of halogens is 1. The number of nitrogens with zero attached hydrogens (tertiary/aromatic N) is 4. The number of imidazole rings is 1. The van der Waals surface area contributed by atoms with Gasteiger partial charge in [-0.05, 0) is 25.4 Å². The van der Waals surface area contributed by atoms with Gasteiger partial charge < -0.3 is 14.0 Å². The Kier molecular flexibility index (Phi) is 4.92. The predicted octanol–water partition coefficient (Wildman–Crippen LogP) is 1.23. The van der Waals surface area contributed by atoms with Crippen LogP contribution in [-0.4, -0.2) is 44.7 Å². The van der Waals surface area contributed by atoms with E-state index in [4.69, 9.17) is 21.1 Å². The first-order valence-corrected chi connectivity index (χ1v) is 7.05. The van der Waals surface area contributed by atoms with E-state index in [1.807, 2.05) is 0 Å². The average Bonchev–Trinajstić information content (AvgIpc) is 2.81. The summed E-state index contributed by atoms with van der Waals surface area (Å²) < 4.78 is 11.5. The summed E-state index contributed by atoms with van der Waals surface area (Å²) in [5.41, 5.74) is 0.791. The molecule has 0 aromatic carbocycles. The highest BCUT2D eigenvalue weighted by Crippen LogP contribution is 2.25. The van der Waals surface area contributed by atoms with E-state index in [1.165, 1.54) is 6.33 Å². The lowest BCUT2D eigenvalue weighted by atomic mass is 10.0. The van der Waals surface area contributed by atoms with Crippen molar-refractivity contribution >= 4 is 34.7 Å². The Morgan fingerprint density at radius 1 is 1.23 bits per heavy atom. The molecule has 0 saturated carbocycles. The van der Waals surface area contributed by atoms with Crippen LogP contribution in [0.5, 0.6) is 0 Å². The van der Waals surface area contributed by atoms with Crippen LogP contribution in [0.2, 0.25) is 5.28 Å². The van der Waals surface area contributed by atoms with Gasteiger partial charge in [0.25, 0.3) is 0 Å². The molecular weight excluding hydrogens is 312 g/mol. The summed E-state index contributed by atoms with van der Waals surface area (Å²) in [5, 5.41) is -0.0929. The van der Waals surface area contributed by atoms with Crippen LogP contribution < -0.4 is 0 Å². The number of rotatable bonds is 5. The predicted molar refractivity (Wildman–Crippen MR) is 77.3 cm³/mol. The molecule has 0 bridgehead atoms. The molecule has 0 saturated heterocycles. The summed E-state index contributed by atoms with van der Waals surface area (Å²) in [4.78, 5) is 36.5. The number of esters is 2. The number of carbonyl (C=O) groups excluding carboxylic acids is 2. The SMILES string of the molecule is CCOC(=O)C(C(=O)OCC)c1nc(Cl)nc2c1ncn2C. The number of fused-ring (bicyclic) bond motifs is 1. The van der Waals surface area contributed by atoms with Crippen LogP contribution in [-0.2, 0) is 26.1 Å². The Morgan fingerprint density at radius 3 is 2.36 bits per heavy atom. The van der Waals surface area contributed by atoms with Gasteiger partial charge in [0, 0.05) is 7.05 Å². The van der Waals surface area contributed by atoms with E-state index in [-0.39, 0.29) is 24.2 Å². The highest BCUT2D eigenvalue weighted by Gasteiger charge is 2.36. The molecule has 0 atom stereocenters. The second kappa shape index (κ2) is 6.69. The van der Waals surface area contributed by atoms with Crippen LogP contribution in [0.15, 0.2) is 6.33 Å². The van der Waals surface area contributed by atoms with E-state index < -0.39 is 17.9 Å². The Morgan fingerprint density at radius 2 is 1.82 bits per heavy atom. The standard InChI is InChI=1S/C13H15ClN4O4/c1-4-21-11(19)7(12(20)22-5-2)8-9-10(17-13(14)16-8)18(3)6-15-9/h6-7H,4-5H2,1-3H3. The van der Waals surface area contributed by atoms with Gasteiger partial charge in [0.1, 0.15) is 5.52 Å². The molecule has 118 valence electrons. The molecule has 2 aromatic heterocycles. The second-order valence-corrected chi connectivity index (χ2v) is 4.68. The maximum atomic E-state index is 12.2. The Hall–Kier alpha value is -2.22. The maximum absolute atomic E-state index is 12.2. The molecule has 8 nitrogen and oxygen atoms in total. The summed E-state index contributed by atoms with van der Waals surface area (Å²) in [6.07, 6.45) is 1.49. The second-order valence-electron chi connectivity index (χ2n) is 4.34. The Labute approximate surface area is 131 Å². The molecule has 0 N–H and O–H groups in total. The first-order chi connectivity index (χ1) is 10.5. The molecule has 0 radical (unpaired) electrons. The molecule has 0 spiro atoms. The summed E-state index contributed by atoms with van der Waals surface area (Å²) in [7, 11) is 1.71. The van der Waals surface area contributed by atoms with E-state index in [9.17, 15) is 9.59 Å². The van der Waals surface area contributed by atoms with Crippen LogP contribution in [0, 0.1) is 0 Å². The van der Waals surface area contributed by atoms with Gasteiger partial charge in [-0.25, -0.2) is 9.97 Å². The van der Waals surface area contributed by atoms with Crippen LogP contribution in [0.4, 0.5) is 0 Å². The summed E-state index contributed by atoms with van der Waals surface area (Å²) in [6, 6.07) is 0. The quantitative estimate of drug-likeness (QED) is 0.463. The topological polar surface area (TPSA) is 96.2 Å². The molecule has 2 rings (SSSR count). The monoisotopic (exact) mass is 326 g/mol. The number of aromatic nitrogens is 4. The Balaban J connectivity index is 2.60. The smallest absolute Gasteiger partial charge is 0.326 e. The van der Waals surface area contributed by atoms with Gasteiger partial charge >= 0.3 is 11.9 Å². The minimum Gasteiger partial charge on any atom is -0.465 e. The molecule has 22 heavy (non-hydrogen) atoms. The summed E-state index contributed by atoms with van der Waals surface area (Å²) in [5.74, 6) is -2.87. The molecule has 0 unspecified atom stereocenters. The summed E-state index contributed by atoms with van der Waals surface area (Å²) >= 11 is 5.89. The fourth-order valence-corrected chi connectivity index (χ4v) is 2.14. The lowest BCUT2D eigenvalue weighted by Crippen LogP contribution is -2.27. The minimum absolute atomic E-state index is 0.0764. The normalized spacial score (nSPS) is 11.0. The number of carbonyl (C=O) groups is 2. The molecule has 2 heterocycles. The highest BCUT2D eigenvalue weighted by atomic mass is 35.5. The van der Waals surface area contributed by atoms with E-state index in [1.54, 1.807) is 25.5 Å². The van der Waals surface area contributed by atoms with Gasteiger partial charge in [-0.15, -0.1) is 0 Å². The third-order valence-electron chi connectivity index (χ3n) is 2.88. The lowest BCUT2D eigenvalue weighted by molar-refractivity contribution is -0.157. The molecule has 0 aliphatic carbocycles. The zero-order valence-electron chi connectivity index (χ0n) is 12.4. The maximum Gasteiger partial charge on any atom is 0.326 e. The van der Waals surface area contributed by atoms with Gasteiger partial charge in [-0.3, -0.25) is 9.59 Å². The van der Waals surface area contributed by atoms with Gasteiger partial charge in [-0.2, -0.15) is 4.98 Å². The zero-order chi connectivity index (χ0) is 16.3. The summed E-state index contributed by atoms with van der Waals surface area (Å²) in [6.45, 7) is 3.53. The van der Waals surface area contributed by atoms with Crippen molar-refractivity contribution < 1.29 is 19.1 Å². The van der Waals surface area contributed by atoms with Gasteiger partial charge in [-0.1, -0.05) is 0 Å². The van der Waals surface area contributed by atoms with E-state index in [0.29, 0.717) is 11.2 Å². The zero-order valence-corrected chi connectivity index (χ0v) is 13.1. The number of hydrogen-bond donors (Lipinski definition) is 0. The van der Waals surface area contributed by atoms with Crippen molar-refractivity contribution in [2.24, 2.45) is 7.05 Å². The van der Waals surface area contributed by atoms with Crippen LogP contribution in [0.25, 0.3) is 11.2 Å². The van der Waals surface area contributed by atoms with Crippen LogP contribution >= 0.6 is 11.6 Å². The van der Waals surface area contributed by atoms with Gasteiger partial charge in [0.15, 0.2) is 11.6 Å². The van der Waals surface area contributed by atoms with Crippen LogP contribution in [0.3, 0.4) is 0 Å². The third-order valence-corrected chi connectivity index (χ3v) is 3.05. The largest absolute Gasteiger partial charge is 0.465 e. The molecule has 0 amide bonds. The molecule has 0 aliphatic rings. The van der Waals surface area contributed by atoms with Gasteiger partial charge in [0.2, 0.25) is 5.28 Å². The van der Waals surface area contributed by atoms with E-state index in [2.05, 4.69) is 15.0 Å². The van der Waals surface area contributed by atoms with Gasteiger partial charge in [0.05, 0.1) is 25.2 Å². The van der Waals surface area contributed by atoms with Crippen molar-refractivity contribution in [1.82, 2.24) is 19.5 Å². The van der Waals surface area contributed by atoms with E-state index in [0.717, 1.165) is 0 Å². The number of hydrogen-bond acceptors (Lipinski definition) is 7. The number of ether oxygens (including phenoxy) is 2. The first-order valence-electron chi connectivity index (χ1n) is 6.67. The van der Waals surface area contributed by atoms with Crippen molar-refractivity contribution in [3.8, 4) is 0 Å². The highest BCUT2D eigenvalue weighted by molar-refractivity contribution is 6.28. The lowest BCUT2D eigenvalue weighted by Gasteiger charge is -2.14. The van der Waals surface area contributed by atoms with Crippen molar-refractivity contribution in [3.63, 3.8) is 0 Å². The molecule has 2 aromatic rings. The van der Waals surface area contributed by atoms with Crippen molar-refractivity contribution in [1.29, 1.82) is 0 Å². The third kappa shape index (κ3) is 3.01. The van der Waals surface area contributed by atoms with Crippen molar-refractivity contribution in [2.45, 2.75) is 19.8 Å². The molecule has 0 fully saturated rings. The van der Waals surface area contributed by atoms with Crippen molar-refractivity contribution in [3.05, 3.63) is 17.3 Å². The number of aryl methyl sites for hydroxylation is 1. The van der Waals surface area contributed by atoms with Crippen molar-refractivity contribution in [2.75, 3.05) is 13.2 Å². The first kappa shape index (κ1) is 16.2. The minimum atomic E-state index is -1.35. The molecular formula is C13H15ClN4O4. The molecule has 0 aliphatic heterocycles. The van der Waals surface area contributed by atoms with Crippen LogP contribution in [0.1, 0.15) is 25.5 Å². The fourth-order valence-electron chi connectivity index (χ4n) is 1.97.